The molecule has 2 rings (SSSR count). The number of rotatable bonds is 5. The molecule has 1 aromatic carbocycles. The molecule has 0 aliphatic carbocycles. The summed E-state index contributed by atoms with van der Waals surface area (Å²) in [6.07, 6.45) is 0.984. The van der Waals surface area contributed by atoms with Gasteiger partial charge in [-0.25, -0.2) is 4.39 Å². The molecule has 0 saturated heterocycles. The first-order chi connectivity index (χ1) is 8.66. The molecule has 1 atom stereocenters. The zero-order valence-electron chi connectivity index (χ0n) is 10.1. The molecule has 0 bridgehead atoms. The van der Waals surface area contributed by atoms with Gasteiger partial charge in [0.2, 0.25) is 0 Å². The van der Waals surface area contributed by atoms with Gasteiger partial charge < -0.3 is 5.32 Å². The van der Waals surface area contributed by atoms with E-state index in [0.717, 1.165) is 17.4 Å². The minimum atomic E-state index is -0.158. The fraction of sp³-hybridized carbons (Fsp3) is 0.286. The van der Waals surface area contributed by atoms with Crippen LogP contribution in [0.4, 0.5) is 4.39 Å². The molecule has 0 aliphatic heterocycles. The fourth-order valence-electron chi connectivity index (χ4n) is 1.82. The van der Waals surface area contributed by atoms with E-state index in [1.54, 1.807) is 17.4 Å². The third-order valence-electron chi connectivity index (χ3n) is 2.83. The maximum absolute atomic E-state index is 13.7. The molecule has 0 amide bonds. The molecule has 2 aromatic rings. The number of thiophene rings is 1. The predicted molar refractivity (Wildman–Crippen MR) is 78.5 cm³/mol. The molecule has 0 saturated carbocycles. The second-order valence-electron chi connectivity index (χ2n) is 4.17. The molecule has 1 nitrogen and oxygen atoms in total. The lowest BCUT2D eigenvalue weighted by atomic mass is 10.1. The largest absolute Gasteiger partial charge is 0.310 e. The van der Waals surface area contributed by atoms with Crippen molar-refractivity contribution in [2.24, 2.45) is 0 Å². The van der Waals surface area contributed by atoms with Crippen LogP contribution in [0.15, 0.2) is 40.2 Å². The highest BCUT2D eigenvalue weighted by Gasteiger charge is 2.10. The summed E-state index contributed by atoms with van der Waals surface area (Å²) in [5.41, 5.74) is 0.704. The van der Waals surface area contributed by atoms with Gasteiger partial charge in [0.05, 0.1) is 0 Å². The lowest BCUT2D eigenvalue weighted by Crippen LogP contribution is -2.22. The summed E-state index contributed by atoms with van der Waals surface area (Å²) in [5.74, 6) is -0.158. The highest BCUT2D eigenvalue weighted by atomic mass is 79.9. The monoisotopic (exact) mass is 327 g/mol. The van der Waals surface area contributed by atoms with Crippen molar-refractivity contribution < 1.29 is 4.39 Å². The van der Waals surface area contributed by atoms with Crippen LogP contribution in [0.5, 0.6) is 0 Å². The van der Waals surface area contributed by atoms with Gasteiger partial charge in [-0.05, 0) is 43.0 Å². The van der Waals surface area contributed by atoms with Crippen molar-refractivity contribution in [3.63, 3.8) is 0 Å². The summed E-state index contributed by atoms with van der Waals surface area (Å²) in [5, 5.41) is 5.43. The van der Waals surface area contributed by atoms with E-state index in [1.165, 1.54) is 10.9 Å². The van der Waals surface area contributed by atoms with Crippen LogP contribution in [-0.2, 0) is 6.42 Å². The summed E-state index contributed by atoms with van der Waals surface area (Å²) in [6.45, 7) is 2.84. The van der Waals surface area contributed by atoms with Crippen LogP contribution in [0.1, 0.15) is 23.4 Å². The molecule has 1 unspecified atom stereocenters. The Hall–Kier alpha value is -0.710. The van der Waals surface area contributed by atoms with E-state index < -0.39 is 0 Å². The van der Waals surface area contributed by atoms with Gasteiger partial charge in [-0.1, -0.05) is 22.0 Å². The van der Waals surface area contributed by atoms with Crippen LogP contribution >= 0.6 is 27.3 Å². The smallest absolute Gasteiger partial charge is 0.128 e. The first-order valence-corrected chi connectivity index (χ1v) is 7.55. The average Bonchev–Trinajstić information content (AvgIpc) is 2.85. The first-order valence-electron chi connectivity index (χ1n) is 5.87. The maximum atomic E-state index is 13.7. The van der Waals surface area contributed by atoms with E-state index >= 15 is 0 Å². The zero-order chi connectivity index (χ0) is 13.0. The number of benzene rings is 1. The number of hydrogen-bond acceptors (Lipinski definition) is 2. The Morgan fingerprint density at radius 3 is 2.94 bits per heavy atom. The molecule has 1 aromatic heterocycles. The average molecular weight is 328 g/mol. The van der Waals surface area contributed by atoms with Crippen molar-refractivity contribution in [2.45, 2.75) is 19.4 Å². The Balaban J connectivity index is 1.91. The lowest BCUT2D eigenvalue weighted by molar-refractivity contribution is 0.531. The van der Waals surface area contributed by atoms with Gasteiger partial charge in [-0.2, -0.15) is 0 Å². The summed E-state index contributed by atoms with van der Waals surface area (Å²) in [7, 11) is 0. The Morgan fingerprint density at radius 1 is 1.39 bits per heavy atom. The zero-order valence-corrected chi connectivity index (χ0v) is 12.5. The number of halogens is 2. The van der Waals surface area contributed by atoms with Crippen LogP contribution in [0.3, 0.4) is 0 Å². The van der Waals surface area contributed by atoms with Crippen LogP contribution in [-0.4, -0.2) is 6.54 Å². The van der Waals surface area contributed by atoms with Crippen molar-refractivity contribution in [1.82, 2.24) is 5.32 Å². The van der Waals surface area contributed by atoms with E-state index in [-0.39, 0.29) is 11.9 Å². The second-order valence-corrected chi connectivity index (χ2v) is 6.12. The molecular formula is C14H15BrFNS. The van der Waals surface area contributed by atoms with Crippen molar-refractivity contribution in [1.29, 1.82) is 0 Å². The summed E-state index contributed by atoms with van der Waals surface area (Å²) in [4.78, 5) is 1.35. The summed E-state index contributed by atoms with van der Waals surface area (Å²) >= 11 is 5.13. The van der Waals surface area contributed by atoms with Gasteiger partial charge in [0.1, 0.15) is 5.82 Å². The van der Waals surface area contributed by atoms with Gasteiger partial charge in [-0.3, -0.25) is 0 Å². The van der Waals surface area contributed by atoms with Crippen LogP contribution in [0.2, 0.25) is 0 Å². The molecule has 0 fully saturated rings. The van der Waals surface area contributed by atoms with Gasteiger partial charge >= 0.3 is 0 Å². The summed E-state index contributed by atoms with van der Waals surface area (Å²) < 4.78 is 14.6. The lowest BCUT2D eigenvalue weighted by Gasteiger charge is -2.15. The SMILES string of the molecule is CC(NCCc1cccs1)c1cc(Br)ccc1F. The number of hydrogen-bond donors (Lipinski definition) is 1. The first kappa shape index (κ1) is 13.7. The summed E-state index contributed by atoms with van der Waals surface area (Å²) in [6, 6.07) is 9.24. The van der Waals surface area contributed by atoms with Crippen molar-refractivity contribution in [2.75, 3.05) is 6.54 Å². The standard InChI is InChI=1S/C14H15BrFNS/c1-10(13-9-11(15)4-5-14(13)16)17-7-6-12-3-2-8-18-12/h2-5,8-10,17H,6-7H2,1H3. The molecule has 96 valence electrons. The Labute approximate surface area is 119 Å². The van der Waals surface area contributed by atoms with Crippen molar-refractivity contribution >= 4 is 27.3 Å². The molecule has 0 aliphatic rings. The highest BCUT2D eigenvalue weighted by Crippen LogP contribution is 2.21. The van der Waals surface area contributed by atoms with Gasteiger partial charge in [-0.15, -0.1) is 11.3 Å². The molecular weight excluding hydrogens is 313 g/mol. The molecule has 0 spiro atoms. The third-order valence-corrected chi connectivity index (χ3v) is 4.26. The second kappa shape index (κ2) is 6.45. The van der Waals surface area contributed by atoms with E-state index in [0.29, 0.717) is 5.56 Å². The Kier molecular flexibility index (Phi) is 4.92. The molecule has 18 heavy (non-hydrogen) atoms. The molecule has 1 heterocycles. The minimum absolute atomic E-state index is 0.0162. The predicted octanol–water partition coefficient (Wildman–Crippen LogP) is 4.54. The minimum Gasteiger partial charge on any atom is -0.310 e. The van der Waals surface area contributed by atoms with Gasteiger partial charge in [0.25, 0.3) is 0 Å². The fourth-order valence-corrected chi connectivity index (χ4v) is 2.91. The molecule has 1 N–H and O–H groups in total. The molecule has 4 heteroatoms. The number of nitrogens with one attached hydrogen (secondary N) is 1. The maximum Gasteiger partial charge on any atom is 0.128 e. The van der Waals surface area contributed by atoms with Crippen molar-refractivity contribution in [3.8, 4) is 0 Å². The van der Waals surface area contributed by atoms with E-state index in [1.807, 2.05) is 13.0 Å². The van der Waals surface area contributed by atoms with Gasteiger partial charge in [0, 0.05) is 27.5 Å². The van der Waals surface area contributed by atoms with E-state index in [9.17, 15) is 4.39 Å². The van der Waals surface area contributed by atoms with Crippen LogP contribution < -0.4 is 5.32 Å². The quantitative estimate of drug-likeness (QED) is 0.849. The van der Waals surface area contributed by atoms with Crippen LogP contribution in [0, 0.1) is 5.82 Å². The Morgan fingerprint density at radius 2 is 2.22 bits per heavy atom. The Bertz CT molecular complexity index is 499. The molecule has 0 radical (unpaired) electrons. The van der Waals surface area contributed by atoms with E-state index in [2.05, 4.69) is 38.8 Å². The normalized spacial score (nSPS) is 12.6. The van der Waals surface area contributed by atoms with E-state index in [4.69, 9.17) is 0 Å². The highest BCUT2D eigenvalue weighted by molar-refractivity contribution is 9.10. The van der Waals surface area contributed by atoms with Crippen molar-refractivity contribution in [3.05, 3.63) is 56.4 Å². The topological polar surface area (TPSA) is 12.0 Å². The van der Waals surface area contributed by atoms with Gasteiger partial charge in [0.15, 0.2) is 0 Å². The third kappa shape index (κ3) is 3.64. The van der Waals surface area contributed by atoms with Crippen LogP contribution in [0.25, 0.3) is 0 Å².